The quantitative estimate of drug-likeness (QED) is 0.136. The molecular formula is C32H34F6N4O7. The summed E-state index contributed by atoms with van der Waals surface area (Å²) in [4.78, 5) is 29.0. The van der Waals surface area contributed by atoms with E-state index in [1.54, 1.807) is 18.2 Å². The molecule has 3 aromatic rings. The highest BCUT2D eigenvalue weighted by Gasteiger charge is 2.61. The normalized spacial score (nSPS) is 14.0. The molecule has 17 heteroatoms. The van der Waals surface area contributed by atoms with E-state index in [1.807, 2.05) is 0 Å². The second kappa shape index (κ2) is 15.1. The maximum absolute atomic E-state index is 14.9. The van der Waals surface area contributed by atoms with E-state index >= 15 is 0 Å². The summed E-state index contributed by atoms with van der Waals surface area (Å²) >= 11 is 0. The van der Waals surface area contributed by atoms with Crippen molar-refractivity contribution in [2.24, 2.45) is 0 Å². The third-order valence-corrected chi connectivity index (χ3v) is 6.55. The molecule has 2 amide bonds. The number of amides is 2. The molecule has 0 aliphatic rings. The van der Waals surface area contributed by atoms with Crippen LogP contribution in [0.15, 0.2) is 66.1 Å². The summed E-state index contributed by atoms with van der Waals surface area (Å²) in [6.07, 6.45) is -13.7. The summed E-state index contributed by atoms with van der Waals surface area (Å²) in [5.74, 6) is -3.30. The van der Waals surface area contributed by atoms with Gasteiger partial charge in [0, 0.05) is 6.42 Å². The smallest absolute Gasteiger partial charge is 0.426 e. The van der Waals surface area contributed by atoms with Crippen LogP contribution >= 0.6 is 0 Å². The summed E-state index contributed by atoms with van der Waals surface area (Å²) in [6.45, 7) is 11.8. The summed E-state index contributed by atoms with van der Waals surface area (Å²) in [6, 6.07) is 8.03. The molecule has 0 bridgehead atoms. The van der Waals surface area contributed by atoms with Gasteiger partial charge in [0.15, 0.2) is 5.69 Å². The van der Waals surface area contributed by atoms with Gasteiger partial charge in [0.05, 0.1) is 12.3 Å². The van der Waals surface area contributed by atoms with Crippen LogP contribution in [-0.4, -0.2) is 50.4 Å². The number of hydrogen-bond donors (Lipinski definition) is 1. The van der Waals surface area contributed by atoms with Crippen LogP contribution in [0.2, 0.25) is 0 Å². The maximum Gasteiger partial charge on any atom is 0.426 e. The van der Waals surface area contributed by atoms with Gasteiger partial charge in [-0.1, -0.05) is 42.5 Å². The second-order valence-electron chi connectivity index (χ2n) is 11.6. The number of carbonyl (C=O) groups excluding carboxylic acids is 1. The lowest BCUT2D eigenvalue weighted by Gasteiger charge is -2.32. The average Bonchev–Trinajstić information content (AvgIpc) is 3.46. The summed E-state index contributed by atoms with van der Waals surface area (Å²) < 4.78 is 109. The van der Waals surface area contributed by atoms with Gasteiger partial charge in [0.25, 0.3) is 11.8 Å². The van der Waals surface area contributed by atoms with E-state index in [4.69, 9.17) is 18.6 Å². The Kier molecular flexibility index (Phi) is 11.9. The van der Waals surface area contributed by atoms with Crippen LogP contribution < -0.4 is 9.64 Å². The zero-order valence-electron chi connectivity index (χ0n) is 26.9. The van der Waals surface area contributed by atoms with E-state index < -0.39 is 89.5 Å². The molecule has 2 heterocycles. The van der Waals surface area contributed by atoms with Gasteiger partial charge in [-0.15, -0.1) is 23.4 Å². The first-order chi connectivity index (χ1) is 22.7. The Hall–Kier alpha value is -4.93. The van der Waals surface area contributed by atoms with E-state index in [2.05, 4.69) is 28.3 Å². The number of ether oxygens (including phenoxy) is 3. The number of carboxylic acid groups (broad SMARTS) is 1. The van der Waals surface area contributed by atoms with Gasteiger partial charge in [0.1, 0.15) is 17.3 Å². The molecule has 2 unspecified atom stereocenters. The van der Waals surface area contributed by atoms with Crippen molar-refractivity contribution >= 4 is 17.9 Å². The van der Waals surface area contributed by atoms with Gasteiger partial charge in [0.2, 0.25) is 11.5 Å². The predicted octanol–water partition coefficient (Wildman–Crippen LogP) is 8.85. The van der Waals surface area contributed by atoms with Crippen LogP contribution in [0.4, 0.5) is 41.6 Å². The molecule has 266 valence electrons. The van der Waals surface area contributed by atoms with Gasteiger partial charge >= 0.3 is 24.5 Å². The minimum atomic E-state index is -5.23. The standard InChI is InChI=1S/C32H34F6N4O7/c1-7-9-16-30(32(36,37)38,46-18-20-14-11-10-12-15-20)26-41-40-25(48-26)23-22(42(27(43)44)28(45)49-29(4,5)6)17-21(31(33,34)35)24(39-23)47-19(3)13-8-2/h7-8,10-12,14-15,17,19H,1-2,9,13,16,18H2,3-6H3,(H,43,44). The highest BCUT2D eigenvalue weighted by atomic mass is 19.4. The Morgan fingerprint density at radius 1 is 1.04 bits per heavy atom. The first-order valence-corrected chi connectivity index (χ1v) is 14.6. The fourth-order valence-electron chi connectivity index (χ4n) is 4.32. The Bertz CT molecular complexity index is 1640. The van der Waals surface area contributed by atoms with Crippen molar-refractivity contribution in [3.05, 3.63) is 78.7 Å². The van der Waals surface area contributed by atoms with Gasteiger partial charge in [-0.25, -0.2) is 14.6 Å². The molecule has 3 rings (SSSR count). The molecule has 0 radical (unpaired) electrons. The van der Waals surface area contributed by atoms with Crippen LogP contribution in [0.5, 0.6) is 5.88 Å². The van der Waals surface area contributed by atoms with Crippen LogP contribution in [0.1, 0.15) is 64.0 Å². The van der Waals surface area contributed by atoms with Gasteiger partial charge in [-0.2, -0.15) is 31.2 Å². The van der Waals surface area contributed by atoms with Crippen LogP contribution in [0, 0.1) is 0 Å². The van der Waals surface area contributed by atoms with Crippen LogP contribution in [0.25, 0.3) is 11.6 Å². The number of halogens is 6. The number of nitrogens with zero attached hydrogens (tertiary/aromatic N) is 4. The molecule has 2 atom stereocenters. The number of benzene rings is 1. The van der Waals surface area contributed by atoms with Gasteiger partial charge < -0.3 is 23.7 Å². The van der Waals surface area contributed by atoms with Gasteiger partial charge in [-0.3, -0.25) is 0 Å². The molecule has 0 saturated heterocycles. The Balaban J connectivity index is 2.35. The molecular weight excluding hydrogens is 666 g/mol. The largest absolute Gasteiger partial charge is 0.474 e. The molecule has 49 heavy (non-hydrogen) atoms. The third kappa shape index (κ3) is 9.37. The molecule has 1 aromatic carbocycles. The minimum absolute atomic E-state index is 0.0378. The maximum atomic E-state index is 14.9. The molecule has 0 saturated carbocycles. The van der Waals surface area contributed by atoms with E-state index in [0.717, 1.165) is 0 Å². The highest BCUT2D eigenvalue weighted by molar-refractivity contribution is 6.10. The number of rotatable bonds is 13. The lowest BCUT2D eigenvalue weighted by Crippen LogP contribution is -2.45. The van der Waals surface area contributed by atoms with Gasteiger partial charge in [-0.05, 0) is 52.2 Å². The Morgan fingerprint density at radius 3 is 2.22 bits per heavy atom. The van der Waals surface area contributed by atoms with E-state index in [9.17, 15) is 41.0 Å². The topological polar surface area (TPSA) is 137 Å². The Morgan fingerprint density at radius 2 is 1.69 bits per heavy atom. The Labute approximate surface area is 277 Å². The molecule has 1 N–H and O–H groups in total. The van der Waals surface area contributed by atoms with E-state index in [1.165, 1.54) is 52.0 Å². The van der Waals surface area contributed by atoms with Crippen molar-refractivity contribution in [2.75, 3.05) is 4.90 Å². The average molecular weight is 701 g/mol. The van der Waals surface area contributed by atoms with Crippen molar-refractivity contribution in [2.45, 2.75) is 83.2 Å². The highest BCUT2D eigenvalue weighted by Crippen LogP contribution is 2.48. The zero-order valence-corrected chi connectivity index (χ0v) is 26.9. The van der Waals surface area contributed by atoms with E-state index in [0.29, 0.717) is 5.56 Å². The van der Waals surface area contributed by atoms with Crippen LogP contribution in [0.3, 0.4) is 0 Å². The molecule has 0 fully saturated rings. The lowest BCUT2D eigenvalue weighted by molar-refractivity contribution is -0.299. The first kappa shape index (κ1) is 38.5. The number of imide groups is 1. The number of pyridine rings is 1. The second-order valence-corrected chi connectivity index (χ2v) is 11.6. The minimum Gasteiger partial charge on any atom is -0.474 e. The summed E-state index contributed by atoms with van der Waals surface area (Å²) in [5, 5.41) is 17.1. The number of anilines is 1. The molecule has 2 aromatic heterocycles. The summed E-state index contributed by atoms with van der Waals surface area (Å²) in [5.41, 5.74) is -7.95. The fraction of sp³-hybridized carbons (Fsp3) is 0.406. The summed E-state index contributed by atoms with van der Waals surface area (Å²) in [7, 11) is 0. The van der Waals surface area contributed by atoms with Crippen molar-refractivity contribution in [3.63, 3.8) is 0 Å². The van der Waals surface area contributed by atoms with Crippen molar-refractivity contribution < 1.29 is 59.7 Å². The lowest BCUT2D eigenvalue weighted by atomic mass is 9.96. The van der Waals surface area contributed by atoms with E-state index in [-0.39, 0.29) is 23.8 Å². The number of aromatic nitrogens is 3. The SMILES string of the molecule is C=CCCC(OCc1ccccc1)(c1nnc(-c2nc(OC(C)CC=C)c(C(F)(F)F)cc2N(C(=O)O)C(=O)OC(C)(C)C)o1)C(F)(F)F. The number of carbonyl (C=O) groups is 2. The fourth-order valence-corrected chi connectivity index (χ4v) is 4.32. The molecule has 0 aliphatic carbocycles. The monoisotopic (exact) mass is 700 g/mol. The molecule has 11 nitrogen and oxygen atoms in total. The van der Waals surface area contributed by atoms with Crippen molar-refractivity contribution in [1.82, 2.24) is 15.2 Å². The number of alkyl halides is 6. The first-order valence-electron chi connectivity index (χ1n) is 14.6. The predicted molar refractivity (Wildman–Crippen MR) is 163 cm³/mol. The third-order valence-electron chi connectivity index (χ3n) is 6.55. The zero-order chi connectivity index (χ0) is 36.8. The molecule has 0 spiro atoms. The van der Waals surface area contributed by atoms with Crippen molar-refractivity contribution in [1.29, 1.82) is 0 Å². The van der Waals surface area contributed by atoms with Crippen molar-refractivity contribution in [3.8, 4) is 17.5 Å². The van der Waals surface area contributed by atoms with Crippen LogP contribution in [-0.2, 0) is 27.9 Å². The number of hydrogen-bond acceptors (Lipinski definition) is 9. The number of allylic oxidation sites excluding steroid dienone is 1. The molecule has 0 aliphatic heterocycles.